The maximum atomic E-state index is 5.93. The summed E-state index contributed by atoms with van der Waals surface area (Å²) in [5.41, 5.74) is 3.43. The van der Waals surface area contributed by atoms with Gasteiger partial charge in [-0.1, -0.05) is 62.2 Å². The van der Waals surface area contributed by atoms with Crippen LogP contribution in [0.3, 0.4) is 0 Å². The monoisotopic (exact) mass is 384 g/mol. The number of halogens is 3. The van der Waals surface area contributed by atoms with Crippen LogP contribution in [-0.4, -0.2) is 0 Å². The summed E-state index contributed by atoms with van der Waals surface area (Å²) in [6, 6.07) is 14.3. The third-order valence-corrected chi connectivity index (χ3v) is 3.83. The molecule has 0 amide bonds. The highest BCUT2D eigenvalue weighted by Crippen LogP contribution is 2.21. The van der Waals surface area contributed by atoms with Gasteiger partial charge < -0.3 is 0 Å². The maximum absolute atomic E-state index is 5.93. The van der Waals surface area contributed by atoms with Crippen LogP contribution >= 0.6 is 43.5 Å². The van der Waals surface area contributed by atoms with Crippen molar-refractivity contribution in [3.63, 3.8) is 0 Å². The molecule has 0 heterocycles. The second-order valence-corrected chi connectivity index (χ2v) is 5.96. The number of hydrogen-bond donors (Lipinski definition) is 0. The molecule has 0 saturated carbocycles. The molecule has 0 radical (unpaired) electrons. The molecular formula is C15H11Br2Cl. The molecule has 0 nitrogen and oxygen atoms in total. The van der Waals surface area contributed by atoms with Crippen LogP contribution in [0.25, 0.3) is 12.2 Å². The minimum absolute atomic E-state index is 0.519. The first kappa shape index (κ1) is 13.9. The van der Waals surface area contributed by atoms with Gasteiger partial charge in [0.1, 0.15) is 0 Å². The van der Waals surface area contributed by atoms with E-state index in [4.69, 9.17) is 11.6 Å². The van der Waals surface area contributed by atoms with Gasteiger partial charge in [0.05, 0.1) is 0 Å². The van der Waals surface area contributed by atoms with Crippen LogP contribution in [0, 0.1) is 0 Å². The van der Waals surface area contributed by atoms with Gasteiger partial charge in [0.2, 0.25) is 0 Å². The van der Waals surface area contributed by atoms with Gasteiger partial charge in [0.15, 0.2) is 0 Å². The summed E-state index contributed by atoms with van der Waals surface area (Å²) in [7, 11) is 0. The van der Waals surface area contributed by atoms with Crippen molar-refractivity contribution in [2.75, 3.05) is 0 Å². The molecule has 0 saturated heterocycles. The van der Waals surface area contributed by atoms with Gasteiger partial charge in [-0.3, -0.25) is 0 Å². The highest BCUT2D eigenvalue weighted by Gasteiger charge is 1.99. The van der Waals surface area contributed by atoms with Crippen molar-refractivity contribution in [3.8, 4) is 0 Å². The number of rotatable bonds is 3. The van der Waals surface area contributed by atoms with Crippen molar-refractivity contribution in [2.45, 2.75) is 5.88 Å². The maximum Gasteiger partial charge on any atom is 0.0480 e. The summed E-state index contributed by atoms with van der Waals surface area (Å²) in [5, 5.41) is 0. The average molecular weight is 387 g/mol. The van der Waals surface area contributed by atoms with Crippen LogP contribution in [0.4, 0.5) is 0 Å². The topological polar surface area (TPSA) is 0 Å². The molecule has 0 aliphatic carbocycles. The van der Waals surface area contributed by atoms with Crippen molar-refractivity contribution in [2.24, 2.45) is 0 Å². The SMILES string of the molecule is ClCc1ccc(Br)cc1/C=C/c1cccc(Br)c1. The molecule has 0 aliphatic heterocycles. The Morgan fingerprint density at radius 3 is 2.44 bits per heavy atom. The second-order valence-electron chi connectivity index (χ2n) is 3.87. The Bertz CT molecular complexity index is 576. The van der Waals surface area contributed by atoms with Crippen LogP contribution in [0.1, 0.15) is 16.7 Å². The average Bonchev–Trinajstić information content (AvgIpc) is 2.37. The van der Waals surface area contributed by atoms with Crippen LogP contribution in [-0.2, 0) is 5.88 Å². The highest BCUT2D eigenvalue weighted by atomic mass is 79.9. The zero-order chi connectivity index (χ0) is 13.0. The quantitative estimate of drug-likeness (QED) is 0.440. The predicted molar refractivity (Wildman–Crippen MR) is 86.8 cm³/mol. The molecule has 3 heteroatoms. The van der Waals surface area contributed by atoms with Gasteiger partial charge in [-0.05, 0) is 41.0 Å². The van der Waals surface area contributed by atoms with E-state index in [1.165, 1.54) is 0 Å². The molecule has 0 bridgehead atoms. The lowest BCUT2D eigenvalue weighted by atomic mass is 10.1. The normalized spacial score (nSPS) is 11.1. The second kappa shape index (κ2) is 6.55. The van der Waals surface area contributed by atoms with Crippen LogP contribution in [0.5, 0.6) is 0 Å². The van der Waals surface area contributed by atoms with Gasteiger partial charge in [0.25, 0.3) is 0 Å². The van der Waals surface area contributed by atoms with Crippen molar-refractivity contribution in [1.29, 1.82) is 0 Å². The van der Waals surface area contributed by atoms with Gasteiger partial charge >= 0.3 is 0 Å². The minimum atomic E-state index is 0.519. The van der Waals surface area contributed by atoms with E-state index in [1.54, 1.807) is 0 Å². The number of benzene rings is 2. The fourth-order valence-corrected chi connectivity index (χ4v) is 2.68. The number of alkyl halides is 1. The first-order valence-electron chi connectivity index (χ1n) is 5.47. The smallest absolute Gasteiger partial charge is 0.0480 e. The summed E-state index contributed by atoms with van der Waals surface area (Å²) >= 11 is 12.9. The summed E-state index contributed by atoms with van der Waals surface area (Å²) in [4.78, 5) is 0. The summed E-state index contributed by atoms with van der Waals surface area (Å²) in [6.07, 6.45) is 4.17. The fourth-order valence-electron chi connectivity index (χ4n) is 1.64. The first-order valence-corrected chi connectivity index (χ1v) is 7.59. The molecule has 0 atom stereocenters. The summed E-state index contributed by atoms with van der Waals surface area (Å²) in [6.45, 7) is 0. The lowest BCUT2D eigenvalue weighted by Crippen LogP contribution is -1.84. The van der Waals surface area contributed by atoms with Crippen molar-refractivity contribution in [1.82, 2.24) is 0 Å². The van der Waals surface area contributed by atoms with Gasteiger partial charge in [-0.25, -0.2) is 0 Å². The van der Waals surface area contributed by atoms with E-state index >= 15 is 0 Å². The molecule has 18 heavy (non-hydrogen) atoms. The lowest BCUT2D eigenvalue weighted by molar-refractivity contribution is 1.37. The fraction of sp³-hybridized carbons (Fsp3) is 0.0667. The Balaban J connectivity index is 2.31. The van der Waals surface area contributed by atoms with E-state index < -0.39 is 0 Å². The van der Waals surface area contributed by atoms with Crippen LogP contribution in [0.15, 0.2) is 51.4 Å². The molecule has 0 aromatic heterocycles. The first-order chi connectivity index (χ1) is 8.69. The van der Waals surface area contributed by atoms with E-state index in [0.717, 1.165) is 25.6 Å². The molecule has 0 spiro atoms. The van der Waals surface area contributed by atoms with E-state index in [9.17, 15) is 0 Å². The zero-order valence-electron chi connectivity index (χ0n) is 9.54. The molecule has 0 unspecified atom stereocenters. The molecule has 92 valence electrons. The van der Waals surface area contributed by atoms with Gasteiger partial charge in [0, 0.05) is 14.8 Å². The molecule has 2 rings (SSSR count). The Kier molecular flexibility index (Phi) is 5.04. The van der Waals surface area contributed by atoms with Crippen LogP contribution in [0.2, 0.25) is 0 Å². The minimum Gasteiger partial charge on any atom is -0.122 e. The van der Waals surface area contributed by atoms with Crippen molar-refractivity contribution >= 4 is 55.6 Å². The molecule has 0 N–H and O–H groups in total. The predicted octanol–water partition coefficient (Wildman–Crippen LogP) is 6.12. The lowest BCUT2D eigenvalue weighted by Gasteiger charge is -2.03. The molecule has 0 aliphatic rings. The third kappa shape index (κ3) is 3.71. The van der Waals surface area contributed by atoms with Gasteiger partial charge in [-0.2, -0.15) is 0 Å². The Morgan fingerprint density at radius 1 is 0.944 bits per heavy atom. The third-order valence-electron chi connectivity index (χ3n) is 2.56. The van der Waals surface area contributed by atoms with Crippen molar-refractivity contribution < 1.29 is 0 Å². The van der Waals surface area contributed by atoms with E-state index in [2.05, 4.69) is 62.2 Å². The van der Waals surface area contributed by atoms with E-state index in [-0.39, 0.29) is 0 Å². The largest absolute Gasteiger partial charge is 0.122 e. The van der Waals surface area contributed by atoms with E-state index in [0.29, 0.717) is 5.88 Å². The van der Waals surface area contributed by atoms with Crippen LogP contribution < -0.4 is 0 Å². The Hall–Kier alpha value is -0.570. The van der Waals surface area contributed by atoms with Crippen molar-refractivity contribution in [3.05, 3.63) is 68.1 Å². The highest BCUT2D eigenvalue weighted by molar-refractivity contribution is 9.10. The zero-order valence-corrected chi connectivity index (χ0v) is 13.5. The molecular weight excluding hydrogens is 375 g/mol. The molecule has 2 aromatic rings. The van der Waals surface area contributed by atoms with Gasteiger partial charge in [-0.15, -0.1) is 11.6 Å². The molecule has 0 fully saturated rings. The Morgan fingerprint density at radius 2 is 1.72 bits per heavy atom. The number of hydrogen-bond acceptors (Lipinski definition) is 0. The summed E-state index contributed by atoms with van der Waals surface area (Å²) < 4.78 is 2.14. The summed E-state index contributed by atoms with van der Waals surface area (Å²) in [5.74, 6) is 0.519. The standard InChI is InChI=1S/C15H11Br2Cl/c16-14-3-1-2-11(8-14)4-5-12-9-15(17)7-6-13(12)10-18/h1-9H,10H2/b5-4+. The van der Waals surface area contributed by atoms with E-state index in [1.807, 2.05) is 24.3 Å². The molecule has 2 aromatic carbocycles. The Labute approximate surface area is 129 Å².